The molecule has 0 atom stereocenters. The second kappa shape index (κ2) is 7.25. The molecule has 7 heteroatoms. The number of carbonyl (C=O) groups excluding carboxylic acids is 1. The third-order valence-electron chi connectivity index (χ3n) is 6.06. The molecule has 1 saturated carbocycles. The Hall–Kier alpha value is -1.76. The number of anilines is 1. The van der Waals surface area contributed by atoms with Gasteiger partial charge in [0.15, 0.2) is 0 Å². The fourth-order valence-electron chi connectivity index (χ4n) is 4.52. The fraction of sp³-hybridized carbons (Fsp3) is 0.571. The molecule has 2 aliphatic rings. The topological polar surface area (TPSA) is 86.5 Å². The molecular formula is C21H28ClN3O3. The Kier molecular flexibility index (Phi) is 5.06. The predicted molar refractivity (Wildman–Crippen MR) is 111 cm³/mol. The van der Waals surface area contributed by atoms with Gasteiger partial charge in [-0.2, -0.15) is 0 Å². The zero-order valence-corrected chi connectivity index (χ0v) is 17.2. The van der Waals surface area contributed by atoms with E-state index in [4.69, 9.17) is 16.0 Å². The zero-order valence-electron chi connectivity index (χ0n) is 16.5. The summed E-state index contributed by atoms with van der Waals surface area (Å²) in [6.07, 6.45) is 5.75. The lowest BCUT2D eigenvalue weighted by molar-refractivity contribution is 0.208. The molecule has 2 aromatic rings. The number of rotatable bonds is 5. The molecule has 1 aliphatic carbocycles. The van der Waals surface area contributed by atoms with Gasteiger partial charge in [-0.3, -0.25) is 0 Å². The first-order valence-corrected chi connectivity index (χ1v) is 10.4. The molecule has 152 valence electrons. The van der Waals surface area contributed by atoms with E-state index >= 15 is 0 Å². The highest BCUT2D eigenvalue weighted by Crippen LogP contribution is 2.48. The first kappa shape index (κ1) is 19.6. The van der Waals surface area contributed by atoms with Crippen molar-refractivity contribution in [3.05, 3.63) is 28.5 Å². The van der Waals surface area contributed by atoms with Gasteiger partial charge in [0.2, 0.25) is 0 Å². The Morgan fingerprint density at radius 2 is 2.04 bits per heavy atom. The summed E-state index contributed by atoms with van der Waals surface area (Å²) in [7, 11) is 0. The minimum atomic E-state index is -0.419. The summed E-state index contributed by atoms with van der Waals surface area (Å²) in [5, 5.41) is 20.2. The van der Waals surface area contributed by atoms with Crippen molar-refractivity contribution in [2.45, 2.75) is 70.0 Å². The van der Waals surface area contributed by atoms with Gasteiger partial charge in [-0.25, -0.2) is 4.79 Å². The van der Waals surface area contributed by atoms with E-state index in [1.165, 1.54) is 6.42 Å². The number of hydrogen-bond acceptors (Lipinski definition) is 4. The number of hydrogen-bond donors (Lipinski definition) is 4. The molecule has 4 N–H and O–H groups in total. The number of fused-ring (bicyclic) bond motifs is 4. The summed E-state index contributed by atoms with van der Waals surface area (Å²) in [5.41, 5.74) is 1.85. The summed E-state index contributed by atoms with van der Waals surface area (Å²) in [5.74, 6) is 0.813. The van der Waals surface area contributed by atoms with Crippen molar-refractivity contribution < 1.29 is 14.3 Å². The second-order valence-corrected chi connectivity index (χ2v) is 9.08. The van der Waals surface area contributed by atoms with Crippen molar-refractivity contribution in [1.82, 2.24) is 10.6 Å². The Balaban J connectivity index is 1.76. The highest BCUT2D eigenvalue weighted by molar-refractivity contribution is 6.35. The molecule has 0 unspecified atom stereocenters. The molecule has 0 saturated heterocycles. The number of halogens is 1. The van der Waals surface area contributed by atoms with E-state index < -0.39 is 5.54 Å². The van der Waals surface area contributed by atoms with Crippen LogP contribution in [0.1, 0.15) is 63.7 Å². The van der Waals surface area contributed by atoms with Crippen molar-refractivity contribution in [3.63, 3.8) is 0 Å². The van der Waals surface area contributed by atoms with Crippen LogP contribution < -0.4 is 16.0 Å². The lowest BCUT2D eigenvalue weighted by Crippen LogP contribution is -2.52. The summed E-state index contributed by atoms with van der Waals surface area (Å²) >= 11 is 6.56. The minimum Gasteiger partial charge on any atom is -0.459 e. The molecule has 1 aromatic carbocycles. The monoisotopic (exact) mass is 405 g/mol. The van der Waals surface area contributed by atoms with Crippen LogP contribution in [0, 0.1) is 0 Å². The van der Waals surface area contributed by atoms with Crippen LogP contribution in [0.2, 0.25) is 5.02 Å². The van der Waals surface area contributed by atoms with Gasteiger partial charge in [0, 0.05) is 23.1 Å². The number of aliphatic hydroxyl groups excluding tert-OH is 1. The molecule has 6 nitrogen and oxygen atoms in total. The van der Waals surface area contributed by atoms with Crippen LogP contribution in [0.25, 0.3) is 11.0 Å². The number of carbonyl (C=O) groups is 1. The van der Waals surface area contributed by atoms with E-state index in [0.717, 1.165) is 48.0 Å². The van der Waals surface area contributed by atoms with E-state index in [1.807, 2.05) is 12.1 Å². The molecule has 0 radical (unpaired) electrons. The number of nitrogens with one attached hydrogen (secondary N) is 3. The average molecular weight is 406 g/mol. The number of furan rings is 1. The molecule has 28 heavy (non-hydrogen) atoms. The molecule has 4 rings (SSSR count). The van der Waals surface area contributed by atoms with Crippen molar-refractivity contribution in [2.24, 2.45) is 0 Å². The van der Waals surface area contributed by atoms with Gasteiger partial charge in [-0.1, -0.05) is 30.9 Å². The summed E-state index contributed by atoms with van der Waals surface area (Å²) in [6.45, 7) is 4.81. The molecule has 2 heterocycles. The Morgan fingerprint density at radius 3 is 2.75 bits per heavy atom. The van der Waals surface area contributed by atoms with E-state index in [0.29, 0.717) is 23.7 Å². The third-order valence-corrected chi connectivity index (χ3v) is 6.36. The van der Waals surface area contributed by atoms with Crippen molar-refractivity contribution >= 4 is 34.3 Å². The molecular weight excluding hydrogens is 378 g/mol. The number of amides is 2. The van der Waals surface area contributed by atoms with Crippen LogP contribution in [0.3, 0.4) is 0 Å². The number of urea groups is 1. The van der Waals surface area contributed by atoms with Gasteiger partial charge < -0.3 is 25.5 Å². The lowest BCUT2D eigenvalue weighted by atomic mass is 9.74. The molecule has 1 fully saturated rings. The Labute approximate surface area is 170 Å². The largest absolute Gasteiger partial charge is 0.459 e. The Morgan fingerprint density at radius 1 is 1.29 bits per heavy atom. The standard InChI is InChI=1S/C21H28ClN3O3/c1-20(2,8-9-26)23-12-14-10-13-11-15(22)17-16(18(13)28-14)21(25-19(27)24-17)6-4-3-5-7-21/h10-11,23,26H,3-9,12H2,1-2H3,(H2,24,25,27). The van der Waals surface area contributed by atoms with Crippen LogP contribution in [0.4, 0.5) is 10.5 Å². The quantitative estimate of drug-likeness (QED) is 0.584. The van der Waals surface area contributed by atoms with Gasteiger partial charge >= 0.3 is 6.03 Å². The van der Waals surface area contributed by atoms with Crippen LogP contribution in [0.15, 0.2) is 16.5 Å². The van der Waals surface area contributed by atoms with E-state index in [2.05, 4.69) is 29.8 Å². The highest BCUT2D eigenvalue weighted by Gasteiger charge is 2.43. The first-order valence-electron chi connectivity index (χ1n) is 10.0. The molecule has 0 bridgehead atoms. The Bertz CT molecular complexity index is 900. The summed E-state index contributed by atoms with van der Waals surface area (Å²) in [6, 6.07) is 3.68. The van der Waals surface area contributed by atoms with Gasteiger partial charge in [0.05, 0.1) is 22.8 Å². The number of aliphatic hydroxyl groups is 1. The van der Waals surface area contributed by atoms with E-state index in [-0.39, 0.29) is 18.2 Å². The summed E-state index contributed by atoms with van der Waals surface area (Å²) in [4.78, 5) is 12.3. The van der Waals surface area contributed by atoms with Gasteiger partial charge in [0.25, 0.3) is 0 Å². The van der Waals surface area contributed by atoms with Crippen molar-refractivity contribution in [3.8, 4) is 0 Å². The van der Waals surface area contributed by atoms with Crippen LogP contribution in [-0.2, 0) is 12.1 Å². The fourth-order valence-corrected chi connectivity index (χ4v) is 4.78. The van der Waals surface area contributed by atoms with Crippen LogP contribution in [-0.4, -0.2) is 23.3 Å². The minimum absolute atomic E-state index is 0.136. The predicted octanol–water partition coefficient (Wildman–Crippen LogP) is 4.63. The lowest BCUT2D eigenvalue weighted by Gasteiger charge is -2.42. The number of benzene rings is 1. The van der Waals surface area contributed by atoms with Gasteiger partial charge in [-0.15, -0.1) is 0 Å². The van der Waals surface area contributed by atoms with E-state index in [9.17, 15) is 9.90 Å². The maximum absolute atomic E-state index is 12.3. The SMILES string of the molecule is CC(C)(CCO)NCc1cc2cc(Cl)c3c(c2o1)C1(CCCCC1)NC(=O)N3. The van der Waals surface area contributed by atoms with Gasteiger partial charge in [0.1, 0.15) is 11.3 Å². The van der Waals surface area contributed by atoms with Crippen LogP contribution >= 0.6 is 11.6 Å². The van der Waals surface area contributed by atoms with Crippen molar-refractivity contribution in [2.75, 3.05) is 11.9 Å². The molecule has 1 aliphatic heterocycles. The normalized spacial score (nSPS) is 18.8. The third kappa shape index (κ3) is 3.49. The van der Waals surface area contributed by atoms with Crippen molar-refractivity contribution in [1.29, 1.82) is 0 Å². The average Bonchev–Trinajstić information content (AvgIpc) is 3.03. The highest BCUT2D eigenvalue weighted by atomic mass is 35.5. The molecule has 1 spiro atoms. The van der Waals surface area contributed by atoms with E-state index in [1.54, 1.807) is 0 Å². The maximum atomic E-state index is 12.3. The first-order chi connectivity index (χ1) is 13.3. The second-order valence-electron chi connectivity index (χ2n) is 8.67. The smallest absolute Gasteiger partial charge is 0.319 e. The van der Waals surface area contributed by atoms with Crippen LogP contribution in [0.5, 0.6) is 0 Å². The summed E-state index contributed by atoms with van der Waals surface area (Å²) < 4.78 is 6.28. The molecule has 1 aromatic heterocycles. The zero-order chi connectivity index (χ0) is 19.9. The molecule has 2 amide bonds. The van der Waals surface area contributed by atoms with Gasteiger partial charge in [-0.05, 0) is 45.2 Å². The maximum Gasteiger partial charge on any atom is 0.319 e.